The average molecular weight is 380 g/mol. The molecule has 0 radical (unpaired) electrons. The van der Waals surface area contributed by atoms with Gasteiger partial charge >= 0.3 is 0 Å². The van der Waals surface area contributed by atoms with Gasteiger partial charge in [-0.05, 0) is 18.1 Å². The van der Waals surface area contributed by atoms with E-state index >= 15 is 0 Å². The van der Waals surface area contributed by atoms with Crippen LogP contribution in [-0.4, -0.2) is 71.7 Å². The number of hydrogen-bond acceptors (Lipinski definition) is 4. The van der Waals surface area contributed by atoms with Gasteiger partial charge in [0.1, 0.15) is 6.10 Å². The van der Waals surface area contributed by atoms with Crippen molar-refractivity contribution in [3.63, 3.8) is 0 Å². The number of nitrogens with one attached hydrogen (secondary N) is 1. The average Bonchev–Trinajstić information content (AvgIpc) is 2.74. The maximum atomic E-state index is 12.3. The van der Waals surface area contributed by atoms with E-state index in [0.717, 1.165) is 19.6 Å². The Morgan fingerprint density at radius 3 is 2.18 bits per heavy atom. The van der Waals surface area contributed by atoms with Gasteiger partial charge in [-0.1, -0.05) is 60.7 Å². The van der Waals surface area contributed by atoms with Gasteiger partial charge in [0, 0.05) is 50.7 Å². The lowest BCUT2D eigenvalue weighted by Gasteiger charge is -2.51. The van der Waals surface area contributed by atoms with Gasteiger partial charge in [0.2, 0.25) is 0 Å². The van der Waals surface area contributed by atoms with Crippen molar-refractivity contribution in [1.29, 1.82) is 0 Å². The van der Waals surface area contributed by atoms with Crippen molar-refractivity contribution in [2.24, 2.45) is 0 Å². The number of rotatable bonds is 4. The van der Waals surface area contributed by atoms with Crippen LogP contribution >= 0.6 is 0 Å². The molecule has 1 amide bonds. The molecule has 2 N–H and O–H groups in total. The normalized spacial score (nSPS) is 24.0. The highest BCUT2D eigenvalue weighted by molar-refractivity contribution is 5.80. The van der Waals surface area contributed by atoms with Crippen LogP contribution in [-0.2, 0) is 4.79 Å². The lowest BCUT2D eigenvalue weighted by atomic mass is 9.82. The summed E-state index contributed by atoms with van der Waals surface area (Å²) in [5.41, 5.74) is 2.65. The predicted octanol–water partition coefficient (Wildman–Crippen LogP) is 1.68. The van der Waals surface area contributed by atoms with E-state index in [1.54, 1.807) is 6.92 Å². The summed E-state index contributed by atoms with van der Waals surface area (Å²) >= 11 is 0. The molecule has 2 heterocycles. The van der Waals surface area contributed by atoms with Crippen molar-refractivity contribution in [3.8, 4) is 0 Å². The molecule has 0 unspecified atom stereocenters. The van der Waals surface area contributed by atoms with Crippen molar-refractivity contribution in [3.05, 3.63) is 71.8 Å². The molecule has 5 nitrogen and oxygen atoms in total. The highest BCUT2D eigenvalue weighted by Gasteiger charge is 2.40. The second kappa shape index (κ2) is 8.43. The van der Waals surface area contributed by atoms with Crippen molar-refractivity contribution in [2.45, 2.75) is 31.0 Å². The number of benzene rings is 2. The number of aliphatic hydroxyl groups excluding tert-OH is 1. The summed E-state index contributed by atoms with van der Waals surface area (Å²) in [5.74, 6) is 0.112. The minimum absolute atomic E-state index is 0.163. The Bertz CT molecular complexity index is 741. The van der Waals surface area contributed by atoms with Crippen LogP contribution in [0, 0.1) is 0 Å². The summed E-state index contributed by atoms with van der Waals surface area (Å²) in [5, 5.41) is 13.3. The summed E-state index contributed by atoms with van der Waals surface area (Å²) in [6.07, 6.45) is -0.930. The zero-order valence-electron chi connectivity index (χ0n) is 16.4. The fourth-order valence-electron chi connectivity index (χ4n) is 4.73. The molecule has 28 heavy (non-hydrogen) atoms. The number of amides is 1. The van der Waals surface area contributed by atoms with Crippen LogP contribution in [0.1, 0.15) is 24.0 Å². The Kier molecular flexibility index (Phi) is 5.76. The first-order valence-electron chi connectivity index (χ1n) is 10.2. The molecular formula is C23H29N3O2. The third-order valence-electron chi connectivity index (χ3n) is 6.06. The molecule has 3 atom stereocenters. The summed E-state index contributed by atoms with van der Waals surface area (Å²) in [7, 11) is 0. The first-order chi connectivity index (χ1) is 13.6. The predicted molar refractivity (Wildman–Crippen MR) is 110 cm³/mol. The van der Waals surface area contributed by atoms with Crippen molar-refractivity contribution >= 4 is 5.91 Å². The van der Waals surface area contributed by atoms with Gasteiger partial charge in [-0.3, -0.25) is 9.69 Å². The third kappa shape index (κ3) is 3.83. The monoisotopic (exact) mass is 379 g/mol. The van der Waals surface area contributed by atoms with Crippen LogP contribution in [0.5, 0.6) is 0 Å². The molecule has 0 spiro atoms. The largest absolute Gasteiger partial charge is 0.384 e. The second-order valence-corrected chi connectivity index (χ2v) is 7.88. The number of carbonyl (C=O) groups excluding carboxylic acids is 1. The van der Waals surface area contributed by atoms with E-state index in [2.05, 4.69) is 70.9 Å². The van der Waals surface area contributed by atoms with Crippen LogP contribution < -0.4 is 5.32 Å². The standard InChI is InChI=1S/C23H29N3O2/c1-17(27)23(28)25-12-13-26-20(16-25)14-24-15-21(26)22(18-8-4-2-5-9-18)19-10-6-3-7-11-19/h2-11,17,20-22,24,27H,12-16H2,1H3/t17-,20-,21-/m0/s1. The summed E-state index contributed by atoms with van der Waals surface area (Å²) in [6.45, 7) is 5.53. The number of aliphatic hydroxyl groups is 1. The van der Waals surface area contributed by atoms with E-state index in [4.69, 9.17) is 0 Å². The molecule has 0 saturated carbocycles. The molecule has 2 fully saturated rings. The van der Waals surface area contributed by atoms with E-state index in [1.165, 1.54) is 11.1 Å². The fraction of sp³-hybridized carbons (Fsp3) is 0.435. The topological polar surface area (TPSA) is 55.8 Å². The SMILES string of the molecule is C[C@H](O)C(=O)N1CCN2[C@@H](CNC[C@H]2C(c2ccccc2)c2ccccc2)C1. The summed E-state index contributed by atoms with van der Waals surface area (Å²) < 4.78 is 0. The van der Waals surface area contributed by atoms with Gasteiger partial charge in [-0.25, -0.2) is 0 Å². The first-order valence-corrected chi connectivity index (χ1v) is 10.2. The van der Waals surface area contributed by atoms with E-state index in [1.807, 2.05) is 4.90 Å². The second-order valence-electron chi connectivity index (χ2n) is 7.88. The molecule has 4 rings (SSSR count). The Balaban J connectivity index is 1.62. The molecule has 2 saturated heterocycles. The number of nitrogens with zero attached hydrogens (tertiary/aromatic N) is 2. The molecular weight excluding hydrogens is 350 g/mol. The number of carbonyl (C=O) groups is 1. The number of fused-ring (bicyclic) bond motifs is 1. The molecule has 2 aromatic rings. The number of piperazine rings is 2. The maximum absolute atomic E-state index is 12.3. The van der Waals surface area contributed by atoms with Gasteiger partial charge in [-0.15, -0.1) is 0 Å². The van der Waals surface area contributed by atoms with Gasteiger partial charge in [0.15, 0.2) is 0 Å². The lowest BCUT2D eigenvalue weighted by molar-refractivity contribution is -0.143. The molecule has 0 aromatic heterocycles. The molecule has 2 aromatic carbocycles. The molecule has 2 aliphatic rings. The van der Waals surface area contributed by atoms with Crippen molar-refractivity contribution in [2.75, 3.05) is 32.7 Å². The Morgan fingerprint density at radius 2 is 1.61 bits per heavy atom. The molecule has 2 aliphatic heterocycles. The van der Waals surface area contributed by atoms with Crippen LogP contribution in [0.4, 0.5) is 0 Å². The van der Waals surface area contributed by atoms with E-state index < -0.39 is 6.10 Å². The molecule has 0 bridgehead atoms. The Labute approximate surface area is 167 Å². The molecule has 5 heteroatoms. The van der Waals surface area contributed by atoms with Gasteiger partial charge in [-0.2, -0.15) is 0 Å². The Morgan fingerprint density at radius 1 is 1.00 bits per heavy atom. The highest BCUT2D eigenvalue weighted by atomic mass is 16.3. The quantitative estimate of drug-likeness (QED) is 0.849. The third-order valence-corrected chi connectivity index (χ3v) is 6.06. The Hall–Kier alpha value is -2.21. The lowest BCUT2D eigenvalue weighted by Crippen LogP contribution is -2.67. The zero-order chi connectivity index (χ0) is 19.5. The van der Waals surface area contributed by atoms with Crippen LogP contribution in [0.3, 0.4) is 0 Å². The number of hydrogen-bond donors (Lipinski definition) is 2. The van der Waals surface area contributed by atoms with E-state index in [0.29, 0.717) is 19.1 Å². The minimum Gasteiger partial charge on any atom is -0.384 e. The summed E-state index contributed by atoms with van der Waals surface area (Å²) in [4.78, 5) is 16.7. The van der Waals surface area contributed by atoms with Crippen LogP contribution in [0.15, 0.2) is 60.7 Å². The smallest absolute Gasteiger partial charge is 0.251 e. The van der Waals surface area contributed by atoms with Crippen LogP contribution in [0.25, 0.3) is 0 Å². The fourth-order valence-corrected chi connectivity index (χ4v) is 4.73. The van der Waals surface area contributed by atoms with Gasteiger partial charge < -0.3 is 15.3 Å². The summed E-state index contributed by atoms with van der Waals surface area (Å²) in [6, 6.07) is 22.0. The minimum atomic E-state index is -0.930. The first kappa shape index (κ1) is 19.1. The van der Waals surface area contributed by atoms with E-state index in [9.17, 15) is 9.90 Å². The van der Waals surface area contributed by atoms with Crippen molar-refractivity contribution in [1.82, 2.24) is 15.1 Å². The molecule has 0 aliphatic carbocycles. The van der Waals surface area contributed by atoms with E-state index in [-0.39, 0.29) is 17.9 Å². The van der Waals surface area contributed by atoms with Gasteiger partial charge in [0.25, 0.3) is 5.91 Å². The highest BCUT2D eigenvalue weighted by Crippen LogP contribution is 2.33. The van der Waals surface area contributed by atoms with Crippen molar-refractivity contribution < 1.29 is 9.90 Å². The zero-order valence-corrected chi connectivity index (χ0v) is 16.4. The van der Waals surface area contributed by atoms with Gasteiger partial charge in [0.05, 0.1) is 0 Å². The van der Waals surface area contributed by atoms with Crippen LogP contribution in [0.2, 0.25) is 0 Å². The molecule has 148 valence electrons. The maximum Gasteiger partial charge on any atom is 0.251 e.